The summed E-state index contributed by atoms with van der Waals surface area (Å²) >= 11 is 0. The lowest BCUT2D eigenvalue weighted by Gasteiger charge is -2.43. The van der Waals surface area contributed by atoms with E-state index >= 15 is 0 Å². The number of hydrogen-bond acceptors (Lipinski definition) is 6. The molecule has 164 valence electrons. The third kappa shape index (κ3) is 3.44. The Morgan fingerprint density at radius 3 is 3.00 bits per heavy atom. The third-order valence-corrected chi connectivity index (χ3v) is 6.71. The van der Waals surface area contributed by atoms with E-state index in [1.807, 2.05) is 18.5 Å². The van der Waals surface area contributed by atoms with Crippen molar-refractivity contribution in [1.29, 1.82) is 5.26 Å². The van der Waals surface area contributed by atoms with Crippen LogP contribution in [0.5, 0.6) is 5.75 Å². The highest BCUT2D eigenvalue weighted by molar-refractivity contribution is 5.92. The van der Waals surface area contributed by atoms with Crippen LogP contribution in [0.1, 0.15) is 38.2 Å². The van der Waals surface area contributed by atoms with Crippen LogP contribution in [0.3, 0.4) is 0 Å². The molecule has 8 nitrogen and oxygen atoms in total. The number of carbonyl (C=O) groups is 1. The summed E-state index contributed by atoms with van der Waals surface area (Å²) < 4.78 is 13.6. The first-order valence-electron chi connectivity index (χ1n) is 10.8. The molecule has 1 spiro atoms. The number of benzene rings is 1. The van der Waals surface area contributed by atoms with Crippen molar-refractivity contribution in [3.8, 4) is 11.8 Å². The molecule has 2 aromatic heterocycles. The molecule has 1 saturated heterocycles. The summed E-state index contributed by atoms with van der Waals surface area (Å²) in [6, 6.07) is 9.51. The number of pyridine rings is 1. The van der Waals surface area contributed by atoms with Crippen molar-refractivity contribution in [3.63, 3.8) is 0 Å². The zero-order valence-corrected chi connectivity index (χ0v) is 18.2. The molecule has 8 heteroatoms. The van der Waals surface area contributed by atoms with Crippen LogP contribution in [-0.4, -0.2) is 39.9 Å². The fourth-order valence-corrected chi connectivity index (χ4v) is 5.37. The molecule has 1 amide bonds. The van der Waals surface area contributed by atoms with Crippen molar-refractivity contribution >= 4 is 22.8 Å². The summed E-state index contributed by atoms with van der Waals surface area (Å²) in [6.07, 6.45) is 8.35. The second-order valence-electron chi connectivity index (χ2n) is 9.21. The predicted molar refractivity (Wildman–Crippen MR) is 118 cm³/mol. The maximum atomic E-state index is 12.9. The predicted octanol–water partition coefficient (Wildman–Crippen LogP) is 4.29. The van der Waals surface area contributed by atoms with Crippen molar-refractivity contribution < 1.29 is 14.3 Å². The molecule has 0 unspecified atom stereocenters. The first-order chi connectivity index (χ1) is 15.4. The molecule has 0 bridgehead atoms. The van der Waals surface area contributed by atoms with Gasteiger partial charge in [-0.3, -0.25) is 9.88 Å². The van der Waals surface area contributed by atoms with Gasteiger partial charge in [0, 0.05) is 18.8 Å². The molecule has 3 aromatic rings. The number of carbonyl (C=O) groups excluding carboxylic acids is 1. The van der Waals surface area contributed by atoms with Crippen molar-refractivity contribution in [2.75, 3.05) is 18.6 Å². The minimum atomic E-state index is -0.543. The second kappa shape index (κ2) is 7.52. The van der Waals surface area contributed by atoms with Gasteiger partial charge in [0.2, 0.25) is 0 Å². The molecule has 32 heavy (non-hydrogen) atoms. The summed E-state index contributed by atoms with van der Waals surface area (Å²) in [5.74, 6) is 0.603. The number of methoxy groups -OCH3 is 1. The molecule has 3 heterocycles. The molecule has 5 rings (SSSR count). The largest absolute Gasteiger partial charge is 0.494 e. The minimum absolute atomic E-state index is 0.0795. The lowest BCUT2D eigenvalue weighted by molar-refractivity contribution is -0.0264. The van der Waals surface area contributed by atoms with E-state index in [4.69, 9.17) is 9.47 Å². The monoisotopic (exact) mass is 431 g/mol. The van der Waals surface area contributed by atoms with Crippen LogP contribution in [-0.2, 0) is 11.3 Å². The average molecular weight is 431 g/mol. The van der Waals surface area contributed by atoms with Gasteiger partial charge in [-0.05, 0) is 49.3 Å². The smallest absolute Gasteiger partial charge is 0.415 e. The Morgan fingerprint density at radius 1 is 1.31 bits per heavy atom. The maximum Gasteiger partial charge on any atom is 0.415 e. The van der Waals surface area contributed by atoms with E-state index in [2.05, 4.69) is 27.5 Å². The number of fused-ring (bicyclic) bond motifs is 1. The number of imidazole rings is 1. The average Bonchev–Trinajstić information content (AvgIpc) is 3.32. The van der Waals surface area contributed by atoms with E-state index in [0.717, 1.165) is 43.3 Å². The first kappa shape index (κ1) is 20.3. The van der Waals surface area contributed by atoms with Gasteiger partial charge in [-0.2, -0.15) is 5.26 Å². The molecule has 1 aliphatic heterocycles. The van der Waals surface area contributed by atoms with Crippen molar-refractivity contribution in [1.82, 2.24) is 14.5 Å². The van der Waals surface area contributed by atoms with Crippen molar-refractivity contribution in [3.05, 3.63) is 48.5 Å². The minimum Gasteiger partial charge on any atom is -0.494 e. The van der Waals surface area contributed by atoms with Gasteiger partial charge in [-0.1, -0.05) is 6.92 Å². The number of aromatic nitrogens is 3. The molecule has 2 atom stereocenters. The van der Waals surface area contributed by atoms with Gasteiger partial charge in [0.25, 0.3) is 0 Å². The van der Waals surface area contributed by atoms with Crippen LogP contribution in [0.4, 0.5) is 10.5 Å². The normalized spacial score (nSPS) is 25.2. The summed E-state index contributed by atoms with van der Waals surface area (Å²) in [6.45, 7) is 3.47. The van der Waals surface area contributed by atoms with Crippen LogP contribution in [0.25, 0.3) is 11.0 Å². The second-order valence-corrected chi connectivity index (χ2v) is 9.21. The van der Waals surface area contributed by atoms with Gasteiger partial charge in [0.1, 0.15) is 17.0 Å². The van der Waals surface area contributed by atoms with E-state index < -0.39 is 5.60 Å². The Bertz CT molecular complexity index is 1230. The Labute approximate surface area is 186 Å². The van der Waals surface area contributed by atoms with Gasteiger partial charge in [0.05, 0.1) is 48.8 Å². The highest BCUT2D eigenvalue weighted by Crippen LogP contribution is 2.48. The highest BCUT2D eigenvalue weighted by atomic mass is 16.6. The van der Waals surface area contributed by atoms with Crippen LogP contribution in [0, 0.1) is 16.7 Å². The number of anilines is 1. The fourth-order valence-electron chi connectivity index (χ4n) is 5.37. The van der Waals surface area contributed by atoms with E-state index in [-0.39, 0.29) is 11.5 Å². The summed E-state index contributed by atoms with van der Waals surface area (Å²) in [4.78, 5) is 23.2. The number of nitrogens with zero attached hydrogens (tertiary/aromatic N) is 5. The topological polar surface area (TPSA) is 93.3 Å². The lowest BCUT2D eigenvalue weighted by Crippen LogP contribution is -2.45. The van der Waals surface area contributed by atoms with Gasteiger partial charge in [-0.15, -0.1) is 0 Å². The Balaban J connectivity index is 1.41. The van der Waals surface area contributed by atoms with Gasteiger partial charge >= 0.3 is 6.09 Å². The molecule has 2 aliphatic rings. The SMILES string of the molecule is COc1ccncc1N1C[C@@]2(CCC[C@](C)(Cn3cnc4ccc(C#N)cc43)C2)OC1=O. The lowest BCUT2D eigenvalue weighted by atomic mass is 9.68. The molecular weight excluding hydrogens is 406 g/mol. The van der Waals surface area contributed by atoms with Crippen molar-refractivity contribution in [2.45, 2.75) is 44.8 Å². The number of hydrogen-bond donors (Lipinski definition) is 0. The van der Waals surface area contributed by atoms with Gasteiger partial charge < -0.3 is 14.0 Å². The molecule has 1 aromatic carbocycles. The quantitative estimate of drug-likeness (QED) is 0.612. The third-order valence-electron chi connectivity index (χ3n) is 6.71. The van der Waals surface area contributed by atoms with Crippen LogP contribution < -0.4 is 9.64 Å². The molecule has 0 N–H and O–H groups in total. The number of rotatable bonds is 4. The van der Waals surface area contributed by atoms with Crippen LogP contribution in [0.2, 0.25) is 0 Å². The zero-order valence-electron chi connectivity index (χ0n) is 18.2. The van der Waals surface area contributed by atoms with E-state index in [1.165, 1.54) is 0 Å². The molecule has 1 saturated carbocycles. The standard InChI is InChI=1S/C24H25N5O3/c1-23(14-28-16-27-18-5-4-17(11-25)10-19(18)28)7-3-8-24(13-23)15-29(22(30)32-24)20-12-26-9-6-21(20)31-2/h4-6,9-10,12,16H,3,7-8,13-15H2,1-2H3/t23-,24-/m0/s1. The van der Waals surface area contributed by atoms with E-state index in [1.54, 1.807) is 36.5 Å². The summed E-state index contributed by atoms with van der Waals surface area (Å²) in [5.41, 5.74) is 2.46. The van der Waals surface area contributed by atoms with Crippen LogP contribution >= 0.6 is 0 Å². The summed E-state index contributed by atoms with van der Waals surface area (Å²) in [5, 5.41) is 9.27. The molecule has 2 fully saturated rings. The van der Waals surface area contributed by atoms with E-state index in [9.17, 15) is 10.1 Å². The number of nitriles is 1. The molecule has 1 aliphatic carbocycles. The van der Waals surface area contributed by atoms with Gasteiger partial charge in [0.15, 0.2) is 0 Å². The molecular formula is C24H25N5O3. The summed E-state index contributed by atoms with van der Waals surface area (Å²) in [7, 11) is 1.58. The maximum absolute atomic E-state index is 12.9. The Kier molecular flexibility index (Phi) is 4.77. The molecule has 0 radical (unpaired) electrons. The first-order valence-corrected chi connectivity index (χ1v) is 10.8. The van der Waals surface area contributed by atoms with E-state index in [0.29, 0.717) is 23.5 Å². The highest BCUT2D eigenvalue weighted by Gasteiger charge is 2.52. The van der Waals surface area contributed by atoms with Gasteiger partial charge in [-0.25, -0.2) is 9.78 Å². The number of amides is 1. The van der Waals surface area contributed by atoms with Crippen molar-refractivity contribution in [2.24, 2.45) is 5.41 Å². The van der Waals surface area contributed by atoms with Crippen LogP contribution in [0.15, 0.2) is 43.0 Å². The zero-order chi connectivity index (χ0) is 22.3. The fraction of sp³-hybridized carbons (Fsp3) is 0.417. The number of ether oxygens (including phenoxy) is 2. The Hall–Kier alpha value is -3.60. The Morgan fingerprint density at radius 2 is 2.19 bits per heavy atom.